The predicted octanol–water partition coefficient (Wildman–Crippen LogP) is 13.5. The lowest BCUT2D eigenvalue weighted by atomic mass is 10.2. The van der Waals surface area contributed by atoms with E-state index in [0.29, 0.717) is 0 Å². The molecule has 0 amide bonds. The summed E-state index contributed by atoms with van der Waals surface area (Å²) in [5.41, 5.74) is 12.8. The molecule has 0 aliphatic heterocycles. The Balaban J connectivity index is 0.000000215. The highest BCUT2D eigenvalue weighted by Crippen LogP contribution is 2.32. The number of nitrogens with two attached hydrogens (primary N) is 1. The summed E-state index contributed by atoms with van der Waals surface area (Å²) in [6.07, 6.45) is 0. The predicted molar refractivity (Wildman–Crippen MR) is 224 cm³/mol. The zero-order valence-electron chi connectivity index (χ0n) is 26.2. The third-order valence-electron chi connectivity index (χ3n) is 6.78. The van der Waals surface area contributed by atoms with Crippen molar-refractivity contribution in [2.75, 3.05) is 18.2 Å². The molecule has 5 nitrogen and oxygen atoms in total. The van der Waals surface area contributed by atoms with Gasteiger partial charge in [-0.3, -0.25) is 4.57 Å². The first kappa shape index (κ1) is 39.5. The van der Waals surface area contributed by atoms with E-state index in [1.165, 1.54) is 0 Å². The molecular weight excluding hydrogens is 872 g/mol. The standard InChI is InChI=1S/C19H12Br2N2.C12H12N2.C7H6Br2O.CH4.CH3/c20-14-10-13(11-15(21)12-14)19-22-17-8-4-5-9-18(17)23(19)16-6-2-1-3-7-16;13-11-8-4-5-9-12(11)14-10-6-2-1-3-7-10;1-10-7-3-5(8)2-6(9)4-7;;/h1-12H;1-9,14H,13H2;2-4H,1H3;1H4;1H3/q;;;;-1. The van der Waals surface area contributed by atoms with Crippen LogP contribution in [0, 0.1) is 7.43 Å². The fourth-order valence-corrected chi connectivity index (χ4v) is 7.22. The first-order valence-corrected chi connectivity index (χ1v) is 17.6. The van der Waals surface area contributed by atoms with E-state index in [2.05, 4.69) is 104 Å². The molecule has 0 radical (unpaired) electrons. The number of benzene rings is 6. The first-order valence-electron chi connectivity index (χ1n) is 14.5. The number of hydrogen-bond acceptors (Lipinski definition) is 4. The van der Waals surface area contributed by atoms with Crippen LogP contribution < -0.4 is 15.8 Å². The zero-order valence-corrected chi connectivity index (χ0v) is 32.6. The van der Waals surface area contributed by atoms with Gasteiger partial charge in [0.2, 0.25) is 0 Å². The van der Waals surface area contributed by atoms with E-state index < -0.39 is 0 Å². The molecule has 0 saturated heterocycles. The van der Waals surface area contributed by atoms with E-state index in [-0.39, 0.29) is 14.9 Å². The van der Waals surface area contributed by atoms with Crippen LogP contribution in [0.15, 0.2) is 163 Å². The molecule has 49 heavy (non-hydrogen) atoms. The Morgan fingerprint density at radius 1 is 0.633 bits per heavy atom. The van der Waals surface area contributed by atoms with Gasteiger partial charge in [0.1, 0.15) is 11.6 Å². The van der Waals surface area contributed by atoms with Crippen LogP contribution in [0.3, 0.4) is 0 Å². The molecule has 7 rings (SSSR count). The van der Waals surface area contributed by atoms with Crippen LogP contribution >= 0.6 is 63.7 Å². The molecule has 252 valence electrons. The average molecular weight is 909 g/mol. The lowest BCUT2D eigenvalue weighted by Crippen LogP contribution is -1.97. The molecular formula is C40H37Br4N4O-. The molecule has 0 aliphatic rings. The number of aromatic nitrogens is 2. The lowest BCUT2D eigenvalue weighted by molar-refractivity contribution is 0.414. The van der Waals surface area contributed by atoms with E-state index in [1.54, 1.807) is 7.11 Å². The number of anilines is 3. The Kier molecular flexibility index (Phi) is 15.6. The van der Waals surface area contributed by atoms with Crippen LogP contribution in [0.25, 0.3) is 28.1 Å². The number of para-hydroxylation sites is 6. The average Bonchev–Trinajstić information content (AvgIpc) is 3.46. The minimum absolute atomic E-state index is 0. The summed E-state index contributed by atoms with van der Waals surface area (Å²) < 4.78 is 11.3. The number of fused-ring (bicyclic) bond motifs is 1. The molecule has 0 unspecified atom stereocenters. The van der Waals surface area contributed by atoms with E-state index in [4.69, 9.17) is 15.5 Å². The summed E-state index contributed by atoms with van der Waals surface area (Å²) in [4.78, 5) is 4.86. The number of hydrogen-bond donors (Lipinski definition) is 2. The SMILES string of the molecule is Brc1cc(Br)cc(-c2nc3ccccc3n2-c2ccccc2)c1.C.COc1cc(Br)cc(Br)c1.Nc1ccccc1Nc1ccccc1.[CH3-]. The topological polar surface area (TPSA) is 65.1 Å². The monoisotopic (exact) mass is 905 g/mol. The van der Waals surface area contributed by atoms with Gasteiger partial charge in [-0.25, -0.2) is 4.98 Å². The van der Waals surface area contributed by atoms with Crippen LogP contribution in [0.4, 0.5) is 17.1 Å². The van der Waals surface area contributed by atoms with Gasteiger partial charge in [0.15, 0.2) is 0 Å². The smallest absolute Gasteiger partial charge is 0.145 e. The second kappa shape index (κ2) is 19.3. The minimum Gasteiger partial charge on any atom is -0.497 e. The molecule has 9 heteroatoms. The Morgan fingerprint density at radius 2 is 1.14 bits per heavy atom. The van der Waals surface area contributed by atoms with Crippen molar-refractivity contribution in [3.05, 3.63) is 171 Å². The number of halogens is 4. The van der Waals surface area contributed by atoms with E-state index in [1.807, 2.05) is 115 Å². The summed E-state index contributed by atoms with van der Waals surface area (Å²) >= 11 is 13.8. The molecule has 0 bridgehead atoms. The van der Waals surface area contributed by atoms with Gasteiger partial charge in [-0.2, -0.15) is 0 Å². The molecule has 3 N–H and O–H groups in total. The molecule has 0 atom stereocenters. The highest BCUT2D eigenvalue weighted by molar-refractivity contribution is 9.11. The third kappa shape index (κ3) is 11.1. The van der Waals surface area contributed by atoms with Gasteiger partial charge in [-0.1, -0.05) is 132 Å². The Bertz CT molecular complexity index is 2030. The highest BCUT2D eigenvalue weighted by atomic mass is 79.9. The normalized spacial score (nSPS) is 9.90. The molecule has 1 heterocycles. The Morgan fingerprint density at radius 3 is 1.73 bits per heavy atom. The number of nitrogens with one attached hydrogen (secondary N) is 1. The van der Waals surface area contributed by atoms with Crippen molar-refractivity contribution < 1.29 is 4.74 Å². The van der Waals surface area contributed by atoms with Crippen molar-refractivity contribution >= 4 is 91.8 Å². The summed E-state index contributed by atoms with van der Waals surface area (Å²) in [5, 5.41) is 3.25. The molecule has 7 aromatic rings. The quantitative estimate of drug-likeness (QED) is 0.133. The van der Waals surface area contributed by atoms with Crippen molar-refractivity contribution in [2.24, 2.45) is 0 Å². The summed E-state index contributed by atoms with van der Waals surface area (Å²) in [6, 6.07) is 48.2. The Hall–Kier alpha value is -3.89. The van der Waals surface area contributed by atoms with Gasteiger partial charge in [-0.05, 0) is 84.9 Å². The van der Waals surface area contributed by atoms with Gasteiger partial charge in [0.05, 0.1) is 29.5 Å². The minimum atomic E-state index is 0. The van der Waals surface area contributed by atoms with Crippen molar-refractivity contribution in [3.63, 3.8) is 0 Å². The summed E-state index contributed by atoms with van der Waals surface area (Å²) in [5.74, 6) is 1.78. The largest absolute Gasteiger partial charge is 0.497 e. The van der Waals surface area contributed by atoms with Crippen LogP contribution in [0.1, 0.15) is 7.43 Å². The van der Waals surface area contributed by atoms with Gasteiger partial charge >= 0.3 is 0 Å². The lowest BCUT2D eigenvalue weighted by Gasteiger charge is -2.10. The fraction of sp³-hybridized carbons (Fsp3) is 0.0500. The van der Waals surface area contributed by atoms with E-state index >= 15 is 0 Å². The van der Waals surface area contributed by atoms with Crippen LogP contribution in [-0.2, 0) is 0 Å². The molecule has 0 fully saturated rings. The van der Waals surface area contributed by atoms with E-state index in [9.17, 15) is 0 Å². The first-order chi connectivity index (χ1) is 22.8. The van der Waals surface area contributed by atoms with Crippen LogP contribution in [0.5, 0.6) is 5.75 Å². The molecule has 6 aromatic carbocycles. The van der Waals surface area contributed by atoms with Crippen molar-refractivity contribution in [1.29, 1.82) is 0 Å². The number of nitrogens with zero attached hydrogens (tertiary/aromatic N) is 2. The number of ether oxygens (including phenoxy) is 1. The molecule has 0 saturated carbocycles. The Labute approximate surface area is 323 Å². The van der Waals surface area contributed by atoms with Crippen LogP contribution in [0.2, 0.25) is 0 Å². The van der Waals surface area contributed by atoms with Gasteiger partial charge in [-0.15, -0.1) is 0 Å². The van der Waals surface area contributed by atoms with E-state index in [0.717, 1.165) is 68.8 Å². The second-order valence-electron chi connectivity index (χ2n) is 10.1. The van der Waals surface area contributed by atoms with Crippen molar-refractivity contribution in [1.82, 2.24) is 9.55 Å². The number of rotatable bonds is 5. The maximum absolute atomic E-state index is 5.81. The third-order valence-corrected chi connectivity index (χ3v) is 8.61. The molecule has 0 aliphatic carbocycles. The number of methoxy groups -OCH3 is 1. The fourth-order valence-electron chi connectivity index (χ4n) is 4.68. The number of imidazole rings is 1. The van der Waals surface area contributed by atoms with Gasteiger partial charge < -0.3 is 23.2 Å². The zero-order chi connectivity index (χ0) is 33.2. The van der Waals surface area contributed by atoms with Crippen LogP contribution in [-0.4, -0.2) is 16.7 Å². The summed E-state index contributed by atoms with van der Waals surface area (Å²) in [6.45, 7) is 0. The van der Waals surface area contributed by atoms with Crippen molar-refractivity contribution in [3.8, 4) is 22.8 Å². The van der Waals surface area contributed by atoms with Crippen molar-refractivity contribution in [2.45, 2.75) is 7.43 Å². The maximum atomic E-state index is 5.81. The van der Waals surface area contributed by atoms with Gasteiger partial charge in [0, 0.05) is 34.8 Å². The second-order valence-corrected chi connectivity index (χ2v) is 13.8. The summed E-state index contributed by atoms with van der Waals surface area (Å²) in [7, 11) is 1.65. The molecule has 1 aromatic heterocycles. The maximum Gasteiger partial charge on any atom is 0.145 e. The molecule has 0 spiro atoms. The number of nitrogen functional groups attached to an aromatic ring is 1. The highest BCUT2D eigenvalue weighted by Gasteiger charge is 2.14. The van der Waals surface area contributed by atoms with Gasteiger partial charge in [0.25, 0.3) is 0 Å².